The molecule has 2 N–H and O–H groups in total. The van der Waals surface area contributed by atoms with E-state index in [2.05, 4.69) is 9.88 Å². The first-order valence-electron chi connectivity index (χ1n) is 6.53. The normalized spacial score (nSPS) is 23.7. The van der Waals surface area contributed by atoms with Crippen molar-refractivity contribution in [3.8, 4) is 0 Å². The Morgan fingerprint density at radius 3 is 3.05 bits per heavy atom. The van der Waals surface area contributed by atoms with Crippen molar-refractivity contribution < 1.29 is 9.53 Å². The molecule has 1 saturated heterocycles. The minimum atomic E-state index is -0.662. The van der Waals surface area contributed by atoms with Crippen LogP contribution in [0.2, 0.25) is 0 Å². The summed E-state index contributed by atoms with van der Waals surface area (Å²) in [5.74, 6) is -0.293. The van der Waals surface area contributed by atoms with Crippen LogP contribution in [0.25, 0.3) is 0 Å². The number of hydrogen-bond donors (Lipinski definition) is 1. The summed E-state index contributed by atoms with van der Waals surface area (Å²) in [6.07, 6.45) is 5.35. The van der Waals surface area contributed by atoms with Gasteiger partial charge in [-0.1, -0.05) is 0 Å². The molecule has 19 heavy (non-hydrogen) atoms. The quantitative estimate of drug-likeness (QED) is 0.855. The van der Waals surface area contributed by atoms with Crippen LogP contribution in [0, 0.1) is 6.92 Å². The number of likely N-dealkylation sites (tertiary alicyclic amines) is 1. The highest BCUT2D eigenvalue weighted by Crippen LogP contribution is 2.31. The van der Waals surface area contributed by atoms with Crippen molar-refractivity contribution in [3.63, 3.8) is 0 Å². The molecule has 1 aliphatic rings. The summed E-state index contributed by atoms with van der Waals surface area (Å²) in [6.45, 7) is 3.96. The Labute approximate surface area is 113 Å². The van der Waals surface area contributed by atoms with Crippen molar-refractivity contribution >= 4 is 5.91 Å². The van der Waals surface area contributed by atoms with Gasteiger partial charge in [-0.2, -0.15) is 0 Å². The number of rotatable bonds is 5. The molecule has 104 valence electrons. The van der Waals surface area contributed by atoms with Crippen molar-refractivity contribution in [2.75, 3.05) is 20.3 Å². The summed E-state index contributed by atoms with van der Waals surface area (Å²) in [4.78, 5) is 18.1. The van der Waals surface area contributed by atoms with Crippen LogP contribution in [0.3, 0.4) is 0 Å². The Morgan fingerprint density at radius 2 is 2.42 bits per heavy atom. The predicted octanol–water partition coefficient (Wildman–Crippen LogP) is 0.856. The van der Waals surface area contributed by atoms with Gasteiger partial charge in [0.05, 0.1) is 6.61 Å². The molecule has 1 atom stereocenters. The Morgan fingerprint density at radius 1 is 1.63 bits per heavy atom. The number of carbonyl (C=O) groups is 1. The third kappa shape index (κ3) is 2.62. The highest BCUT2D eigenvalue weighted by Gasteiger charge is 2.46. The third-order valence-corrected chi connectivity index (χ3v) is 3.96. The maximum absolute atomic E-state index is 11.9. The molecule has 1 aromatic heterocycles. The van der Waals surface area contributed by atoms with E-state index in [1.807, 2.05) is 19.2 Å². The van der Waals surface area contributed by atoms with E-state index in [0.29, 0.717) is 13.2 Å². The molecule has 0 radical (unpaired) electrons. The van der Waals surface area contributed by atoms with Gasteiger partial charge in [-0.3, -0.25) is 14.7 Å². The van der Waals surface area contributed by atoms with Gasteiger partial charge in [0.1, 0.15) is 5.54 Å². The molecule has 1 unspecified atom stereocenters. The van der Waals surface area contributed by atoms with Crippen molar-refractivity contribution in [2.24, 2.45) is 5.73 Å². The summed E-state index contributed by atoms with van der Waals surface area (Å²) in [6, 6.07) is 1.99. The van der Waals surface area contributed by atoms with Crippen LogP contribution in [-0.2, 0) is 16.1 Å². The van der Waals surface area contributed by atoms with Gasteiger partial charge in [0.25, 0.3) is 0 Å². The SMILES string of the molecule is COCC1(C(N)=O)CCCN1Cc1ccncc1C. The highest BCUT2D eigenvalue weighted by molar-refractivity contribution is 5.85. The maximum Gasteiger partial charge on any atom is 0.240 e. The number of aryl methyl sites for hydroxylation is 1. The number of primary amides is 1. The standard InChI is InChI=1S/C14H21N3O2/c1-11-8-16-6-4-12(11)9-17-7-3-5-14(17,10-19-2)13(15)18/h4,6,8H,3,5,7,9-10H2,1-2H3,(H2,15,18). The van der Waals surface area contributed by atoms with Gasteiger partial charge in [-0.15, -0.1) is 0 Å². The number of amides is 1. The molecular weight excluding hydrogens is 242 g/mol. The Kier molecular flexibility index (Phi) is 4.17. The summed E-state index contributed by atoms with van der Waals surface area (Å²) in [5, 5.41) is 0. The Bertz CT molecular complexity index is 464. The minimum absolute atomic E-state index is 0.293. The molecule has 0 spiro atoms. The van der Waals surface area contributed by atoms with Crippen LogP contribution in [0.4, 0.5) is 0 Å². The first-order chi connectivity index (χ1) is 9.10. The molecule has 1 aromatic rings. The van der Waals surface area contributed by atoms with Crippen molar-refractivity contribution in [3.05, 3.63) is 29.6 Å². The average molecular weight is 263 g/mol. The van der Waals surface area contributed by atoms with Crippen LogP contribution in [0.15, 0.2) is 18.5 Å². The molecule has 5 heteroatoms. The molecule has 2 heterocycles. The summed E-state index contributed by atoms with van der Waals surface area (Å²) >= 11 is 0. The second-order valence-corrected chi connectivity index (χ2v) is 5.16. The number of carbonyl (C=O) groups excluding carboxylic acids is 1. The number of pyridine rings is 1. The fraction of sp³-hybridized carbons (Fsp3) is 0.571. The molecule has 1 amide bonds. The molecule has 1 aliphatic heterocycles. The van der Waals surface area contributed by atoms with E-state index < -0.39 is 5.54 Å². The monoisotopic (exact) mass is 263 g/mol. The third-order valence-electron chi connectivity index (χ3n) is 3.96. The van der Waals surface area contributed by atoms with E-state index >= 15 is 0 Å². The van der Waals surface area contributed by atoms with Gasteiger partial charge in [-0.25, -0.2) is 0 Å². The largest absolute Gasteiger partial charge is 0.382 e. The second-order valence-electron chi connectivity index (χ2n) is 5.16. The molecule has 0 aliphatic carbocycles. The van der Waals surface area contributed by atoms with E-state index in [-0.39, 0.29) is 5.91 Å². The van der Waals surface area contributed by atoms with Crippen molar-refractivity contribution in [1.82, 2.24) is 9.88 Å². The lowest BCUT2D eigenvalue weighted by Crippen LogP contribution is -2.56. The van der Waals surface area contributed by atoms with Crippen molar-refractivity contribution in [1.29, 1.82) is 0 Å². The first kappa shape index (κ1) is 14.0. The second kappa shape index (κ2) is 5.67. The summed E-state index contributed by atoms with van der Waals surface area (Å²) < 4.78 is 5.23. The Balaban J connectivity index is 2.23. The van der Waals surface area contributed by atoms with Gasteiger partial charge in [-0.05, 0) is 43.5 Å². The van der Waals surface area contributed by atoms with Gasteiger partial charge in [0, 0.05) is 26.0 Å². The lowest BCUT2D eigenvalue weighted by Gasteiger charge is -2.35. The number of nitrogens with zero attached hydrogens (tertiary/aromatic N) is 2. The van der Waals surface area contributed by atoms with Crippen LogP contribution in [-0.4, -0.2) is 41.6 Å². The molecule has 1 fully saturated rings. The number of hydrogen-bond acceptors (Lipinski definition) is 4. The number of methoxy groups -OCH3 is 1. The van der Waals surface area contributed by atoms with Gasteiger partial charge in [0.2, 0.25) is 5.91 Å². The van der Waals surface area contributed by atoms with Crippen LogP contribution in [0.5, 0.6) is 0 Å². The van der Waals surface area contributed by atoms with Gasteiger partial charge >= 0.3 is 0 Å². The minimum Gasteiger partial charge on any atom is -0.382 e. The molecule has 2 rings (SSSR count). The molecular formula is C14H21N3O2. The van der Waals surface area contributed by atoms with E-state index in [0.717, 1.165) is 24.9 Å². The predicted molar refractivity (Wildman–Crippen MR) is 72.4 cm³/mol. The maximum atomic E-state index is 11.9. The topological polar surface area (TPSA) is 68.5 Å². The van der Waals surface area contributed by atoms with Crippen LogP contribution < -0.4 is 5.73 Å². The van der Waals surface area contributed by atoms with Gasteiger partial charge < -0.3 is 10.5 Å². The zero-order valence-corrected chi connectivity index (χ0v) is 11.6. The van der Waals surface area contributed by atoms with Crippen molar-refractivity contribution in [2.45, 2.75) is 31.8 Å². The van der Waals surface area contributed by atoms with E-state index in [9.17, 15) is 4.79 Å². The fourth-order valence-corrected chi connectivity index (χ4v) is 2.80. The van der Waals surface area contributed by atoms with Crippen LogP contribution in [0.1, 0.15) is 24.0 Å². The zero-order valence-electron chi connectivity index (χ0n) is 11.6. The van der Waals surface area contributed by atoms with E-state index in [1.165, 1.54) is 5.56 Å². The lowest BCUT2D eigenvalue weighted by molar-refractivity contribution is -0.132. The number of nitrogens with two attached hydrogens (primary N) is 1. The smallest absolute Gasteiger partial charge is 0.240 e. The molecule has 5 nitrogen and oxygen atoms in total. The number of ether oxygens (including phenoxy) is 1. The van der Waals surface area contributed by atoms with Gasteiger partial charge in [0.15, 0.2) is 0 Å². The Hall–Kier alpha value is -1.46. The lowest BCUT2D eigenvalue weighted by atomic mass is 9.95. The summed E-state index contributed by atoms with van der Waals surface area (Å²) in [7, 11) is 1.61. The summed E-state index contributed by atoms with van der Waals surface area (Å²) in [5.41, 5.74) is 7.27. The van der Waals surface area contributed by atoms with Crippen LogP contribution >= 0.6 is 0 Å². The highest BCUT2D eigenvalue weighted by atomic mass is 16.5. The molecule has 0 saturated carbocycles. The number of aromatic nitrogens is 1. The average Bonchev–Trinajstić information content (AvgIpc) is 2.77. The first-order valence-corrected chi connectivity index (χ1v) is 6.53. The zero-order chi connectivity index (χ0) is 13.9. The van der Waals surface area contributed by atoms with E-state index in [4.69, 9.17) is 10.5 Å². The molecule has 0 aromatic carbocycles. The fourth-order valence-electron chi connectivity index (χ4n) is 2.80. The van der Waals surface area contributed by atoms with E-state index in [1.54, 1.807) is 13.3 Å². The molecule has 0 bridgehead atoms.